The normalized spacial score (nSPS) is 26.6. The van der Waals surface area contributed by atoms with Crippen molar-refractivity contribution in [1.82, 2.24) is 10.2 Å². The van der Waals surface area contributed by atoms with Crippen molar-refractivity contribution in [3.63, 3.8) is 0 Å². The summed E-state index contributed by atoms with van der Waals surface area (Å²) < 4.78 is 10.8. The van der Waals surface area contributed by atoms with E-state index in [0.29, 0.717) is 18.2 Å². The number of carbonyl (C=O) groups is 2. The number of nitrogens with zero attached hydrogens (tertiary/aromatic N) is 1. The predicted octanol–water partition coefficient (Wildman–Crippen LogP) is 1.75. The highest BCUT2D eigenvalue weighted by Crippen LogP contribution is 2.33. The Labute approximate surface area is 173 Å². The van der Waals surface area contributed by atoms with Crippen LogP contribution in [0.3, 0.4) is 0 Å². The van der Waals surface area contributed by atoms with Crippen molar-refractivity contribution >= 4 is 41.3 Å². The van der Waals surface area contributed by atoms with Crippen LogP contribution in [-0.4, -0.2) is 71.9 Å². The van der Waals surface area contributed by atoms with Gasteiger partial charge < -0.3 is 14.4 Å². The van der Waals surface area contributed by atoms with Crippen LogP contribution in [0.25, 0.3) is 6.08 Å². The molecule has 1 aromatic rings. The third kappa shape index (κ3) is 3.64. The van der Waals surface area contributed by atoms with Gasteiger partial charge in [0.2, 0.25) is 5.91 Å². The number of benzene rings is 1. The van der Waals surface area contributed by atoms with Crippen LogP contribution in [-0.2, 0) is 25.5 Å². The molecule has 28 heavy (non-hydrogen) atoms. The minimum Gasteiger partial charge on any atom is -0.354 e. The molecule has 1 unspecified atom stereocenters. The Balaban J connectivity index is 1.49. The van der Waals surface area contributed by atoms with Crippen LogP contribution >= 0.6 is 23.5 Å². The van der Waals surface area contributed by atoms with Gasteiger partial charge in [0.05, 0.1) is 17.2 Å². The first-order valence-electron chi connectivity index (χ1n) is 9.25. The average molecular weight is 421 g/mol. The van der Waals surface area contributed by atoms with Gasteiger partial charge in [0.1, 0.15) is 6.04 Å². The molecular weight excluding hydrogens is 396 g/mol. The van der Waals surface area contributed by atoms with Gasteiger partial charge in [0, 0.05) is 37.8 Å². The number of ketones is 1. The third-order valence-electron chi connectivity index (χ3n) is 5.46. The number of hydrogen-bond donors (Lipinski definition) is 1. The second kappa shape index (κ2) is 8.59. The van der Waals surface area contributed by atoms with Crippen LogP contribution in [0.15, 0.2) is 29.8 Å². The number of rotatable bonds is 6. The van der Waals surface area contributed by atoms with E-state index in [0.717, 1.165) is 16.9 Å². The van der Waals surface area contributed by atoms with Crippen LogP contribution in [0.5, 0.6) is 0 Å². The number of carbonyl (C=O) groups excluding carboxylic acids is 2. The van der Waals surface area contributed by atoms with Crippen LogP contribution in [0, 0.1) is 0 Å². The molecule has 2 aliphatic heterocycles. The maximum Gasteiger partial charge on any atom is 0.242 e. The molecule has 2 fully saturated rings. The molecule has 0 spiro atoms. The molecule has 8 heteroatoms. The van der Waals surface area contributed by atoms with Crippen molar-refractivity contribution in [1.29, 1.82) is 0 Å². The van der Waals surface area contributed by atoms with E-state index in [4.69, 9.17) is 9.47 Å². The van der Waals surface area contributed by atoms with Crippen molar-refractivity contribution < 1.29 is 19.1 Å². The standard InChI is InChI=1S/C20H24N2O4S2/c1-25-20(26-2)15-9-27-11-22(15)19(24)16-18(28-10-21-16)17(23)14-7-12-5-3-4-6-13(12)8-14/h3-7,15-16,18,20-21H,8-11H2,1-2H3/t15-,16-,18?/m0/s1. The van der Waals surface area contributed by atoms with Gasteiger partial charge in [-0.2, -0.15) is 0 Å². The SMILES string of the molecule is COC(OC)[C@@H]1CSCN1C(=O)[C@H]1NCSC1C(=O)C1=Cc2ccccc2C1. The van der Waals surface area contributed by atoms with Gasteiger partial charge in [-0.1, -0.05) is 24.3 Å². The molecule has 1 aliphatic carbocycles. The molecular formula is C20H24N2O4S2. The van der Waals surface area contributed by atoms with E-state index < -0.39 is 17.6 Å². The number of amides is 1. The summed E-state index contributed by atoms with van der Waals surface area (Å²) in [6.07, 6.45) is 2.15. The van der Waals surface area contributed by atoms with E-state index in [2.05, 4.69) is 11.4 Å². The Kier molecular flexibility index (Phi) is 6.13. The highest BCUT2D eigenvalue weighted by atomic mass is 32.2. The average Bonchev–Trinajstić information content (AvgIpc) is 3.46. The molecule has 1 N–H and O–H groups in total. The lowest BCUT2D eigenvalue weighted by atomic mass is 10.0. The highest BCUT2D eigenvalue weighted by Gasteiger charge is 2.45. The van der Waals surface area contributed by atoms with E-state index >= 15 is 0 Å². The topological polar surface area (TPSA) is 67.9 Å². The van der Waals surface area contributed by atoms with Gasteiger partial charge in [0.15, 0.2) is 12.1 Å². The van der Waals surface area contributed by atoms with E-state index in [1.165, 1.54) is 17.3 Å². The fourth-order valence-electron chi connectivity index (χ4n) is 3.99. The third-order valence-corrected chi connectivity index (χ3v) is 7.67. The van der Waals surface area contributed by atoms with Gasteiger partial charge >= 0.3 is 0 Å². The van der Waals surface area contributed by atoms with E-state index in [9.17, 15) is 9.59 Å². The smallest absolute Gasteiger partial charge is 0.242 e. The van der Waals surface area contributed by atoms with E-state index in [1.54, 1.807) is 30.9 Å². The maximum atomic E-state index is 13.3. The van der Waals surface area contributed by atoms with Crippen LogP contribution < -0.4 is 5.32 Å². The second-order valence-corrected chi connectivity index (χ2v) is 9.17. The predicted molar refractivity (Wildman–Crippen MR) is 112 cm³/mol. The monoisotopic (exact) mass is 420 g/mol. The highest BCUT2D eigenvalue weighted by molar-refractivity contribution is 8.01. The summed E-state index contributed by atoms with van der Waals surface area (Å²) in [5.41, 5.74) is 3.06. The molecule has 1 aromatic carbocycles. The Morgan fingerprint density at radius 2 is 2.04 bits per heavy atom. The molecule has 0 radical (unpaired) electrons. The number of ether oxygens (including phenoxy) is 2. The lowest BCUT2D eigenvalue weighted by Gasteiger charge is -2.31. The molecule has 1 amide bonds. The van der Waals surface area contributed by atoms with E-state index in [-0.39, 0.29) is 17.7 Å². The van der Waals surface area contributed by atoms with Crippen LogP contribution in [0.4, 0.5) is 0 Å². The molecule has 150 valence electrons. The molecule has 0 bridgehead atoms. The van der Waals surface area contributed by atoms with Crippen LogP contribution in [0.2, 0.25) is 0 Å². The molecule has 0 saturated carbocycles. The largest absolute Gasteiger partial charge is 0.354 e. The molecule has 3 aliphatic rings. The quantitative estimate of drug-likeness (QED) is 0.703. The number of methoxy groups -OCH3 is 2. The van der Waals surface area contributed by atoms with Gasteiger partial charge in [-0.15, -0.1) is 23.5 Å². The van der Waals surface area contributed by atoms with Crippen molar-refractivity contribution in [3.05, 3.63) is 41.0 Å². The first kappa shape index (κ1) is 20.0. The first-order valence-corrected chi connectivity index (χ1v) is 11.5. The van der Waals surface area contributed by atoms with Gasteiger partial charge in [-0.05, 0) is 17.2 Å². The number of fused-ring (bicyclic) bond motifs is 1. The van der Waals surface area contributed by atoms with Gasteiger partial charge in [-0.3, -0.25) is 14.9 Å². The summed E-state index contributed by atoms with van der Waals surface area (Å²) in [4.78, 5) is 28.3. The lowest BCUT2D eigenvalue weighted by Crippen LogP contribution is -2.54. The molecule has 3 atom stereocenters. The van der Waals surface area contributed by atoms with Gasteiger partial charge in [-0.25, -0.2) is 0 Å². The minimum absolute atomic E-state index is 0.0476. The van der Waals surface area contributed by atoms with Gasteiger partial charge in [0.25, 0.3) is 0 Å². The van der Waals surface area contributed by atoms with Crippen molar-refractivity contribution in [2.75, 3.05) is 31.7 Å². The number of nitrogens with one attached hydrogen (secondary N) is 1. The summed E-state index contributed by atoms with van der Waals surface area (Å²) in [6.45, 7) is 0. The Bertz CT molecular complexity index is 796. The number of thioether (sulfide) groups is 2. The molecule has 6 nitrogen and oxygen atoms in total. The molecule has 2 heterocycles. The number of allylic oxidation sites excluding steroid dienone is 1. The minimum atomic E-state index is -0.516. The van der Waals surface area contributed by atoms with Crippen molar-refractivity contribution in [3.8, 4) is 0 Å². The zero-order chi connectivity index (χ0) is 19.7. The first-order chi connectivity index (χ1) is 13.6. The fraction of sp³-hybridized carbons (Fsp3) is 0.500. The Hall–Kier alpha value is -1.32. The number of hydrogen-bond acceptors (Lipinski definition) is 7. The summed E-state index contributed by atoms with van der Waals surface area (Å²) in [5, 5.41) is 2.84. The maximum absolute atomic E-state index is 13.3. The molecule has 2 saturated heterocycles. The summed E-state index contributed by atoms with van der Waals surface area (Å²) in [6, 6.07) is 7.39. The Morgan fingerprint density at radius 3 is 2.79 bits per heavy atom. The molecule has 0 aromatic heterocycles. The summed E-state index contributed by atoms with van der Waals surface area (Å²) in [5.74, 6) is 1.95. The second-order valence-electron chi connectivity index (χ2n) is 7.04. The summed E-state index contributed by atoms with van der Waals surface area (Å²) in [7, 11) is 3.17. The van der Waals surface area contributed by atoms with Crippen LogP contribution in [0.1, 0.15) is 11.1 Å². The van der Waals surface area contributed by atoms with Crippen molar-refractivity contribution in [2.45, 2.75) is 30.0 Å². The fourth-order valence-corrected chi connectivity index (χ4v) is 6.36. The number of Topliss-reactive ketones (excluding diaryl/α,β-unsaturated/α-hetero) is 1. The zero-order valence-corrected chi connectivity index (χ0v) is 17.6. The summed E-state index contributed by atoms with van der Waals surface area (Å²) >= 11 is 3.19. The lowest BCUT2D eigenvalue weighted by molar-refractivity contribution is -0.157. The zero-order valence-electron chi connectivity index (χ0n) is 15.9. The van der Waals surface area contributed by atoms with E-state index in [1.807, 2.05) is 24.3 Å². The van der Waals surface area contributed by atoms with Crippen molar-refractivity contribution in [2.24, 2.45) is 0 Å². The molecule has 4 rings (SSSR count). The Morgan fingerprint density at radius 1 is 1.25 bits per heavy atom.